The van der Waals surface area contributed by atoms with Gasteiger partial charge >= 0.3 is 0 Å². The van der Waals surface area contributed by atoms with Crippen molar-refractivity contribution >= 4 is 11.8 Å². The molecule has 0 radical (unpaired) electrons. The minimum atomic E-state index is -0.659. The van der Waals surface area contributed by atoms with Crippen molar-refractivity contribution in [3.05, 3.63) is 29.8 Å². The van der Waals surface area contributed by atoms with Crippen LogP contribution in [0.5, 0.6) is 5.75 Å². The van der Waals surface area contributed by atoms with Gasteiger partial charge in [-0.2, -0.15) is 0 Å². The van der Waals surface area contributed by atoms with E-state index in [-0.39, 0.29) is 23.9 Å². The number of rotatable bonds is 7. The molecule has 1 aromatic carbocycles. The first kappa shape index (κ1) is 22.0. The molecule has 1 aliphatic carbocycles. The van der Waals surface area contributed by atoms with Gasteiger partial charge in [0.2, 0.25) is 5.91 Å². The summed E-state index contributed by atoms with van der Waals surface area (Å²) in [6, 6.07) is 6.92. The van der Waals surface area contributed by atoms with Gasteiger partial charge in [-0.1, -0.05) is 0 Å². The Bertz CT molecular complexity index is 765. The number of benzene rings is 1. The maximum Gasteiger partial charge on any atom is 0.253 e. The third-order valence-corrected chi connectivity index (χ3v) is 6.88. The molecule has 0 aromatic heterocycles. The van der Waals surface area contributed by atoms with E-state index < -0.39 is 6.10 Å². The van der Waals surface area contributed by atoms with Gasteiger partial charge in [0.25, 0.3) is 5.91 Å². The molecule has 8 nitrogen and oxygen atoms in total. The van der Waals surface area contributed by atoms with Crippen LogP contribution in [0.2, 0.25) is 0 Å². The Labute approximate surface area is 184 Å². The van der Waals surface area contributed by atoms with Crippen molar-refractivity contribution in [2.45, 2.75) is 43.9 Å². The first-order chi connectivity index (χ1) is 15.0. The lowest BCUT2D eigenvalue weighted by atomic mass is 10.1. The number of likely N-dealkylation sites (N-methyl/N-ethyl adjacent to an activating group) is 1. The quantitative estimate of drug-likeness (QED) is 0.658. The smallest absolute Gasteiger partial charge is 0.253 e. The number of hydrogen-bond acceptors (Lipinski definition) is 6. The molecule has 3 aliphatic rings. The molecule has 0 spiro atoms. The van der Waals surface area contributed by atoms with E-state index in [1.54, 1.807) is 24.1 Å². The molecular weight excluding hydrogens is 396 g/mol. The largest absolute Gasteiger partial charge is 0.492 e. The monoisotopic (exact) mass is 430 g/mol. The summed E-state index contributed by atoms with van der Waals surface area (Å²) in [6.45, 7) is 5.54. The molecule has 3 fully saturated rings. The summed E-state index contributed by atoms with van der Waals surface area (Å²) in [5.74, 6) is 0.654. The van der Waals surface area contributed by atoms with Gasteiger partial charge in [0.15, 0.2) is 0 Å². The highest BCUT2D eigenvalue weighted by Crippen LogP contribution is 2.29. The SMILES string of the molecule is CN(C(=O)c1ccc(OCCN2CCCC2)cc1)[C@@H]1CC[C@@H](N2CCNC(=O)C2)[C@@H]1O. The van der Waals surface area contributed by atoms with E-state index >= 15 is 0 Å². The Morgan fingerprint density at radius 2 is 1.94 bits per heavy atom. The van der Waals surface area contributed by atoms with Gasteiger partial charge in [-0.3, -0.25) is 19.4 Å². The van der Waals surface area contributed by atoms with Crippen LogP contribution >= 0.6 is 0 Å². The molecule has 8 heteroatoms. The third kappa shape index (κ3) is 5.19. The Kier molecular flexibility index (Phi) is 7.09. The highest BCUT2D eigenvalue weighted by atomic mass is 16.5. The highest BCUT2D eigenvalue weighted by molar-refractivity contribution is 5.94. The number of carbonyl (C=O) groups excluding carboxylic acids is 2. The molecule has 3 atom stereocenters. The first-order valence-electron chi connectivity index (χ1n) is 11.4. The van der Waals surface area contributed by atoms with Gasteiger partial charge < -0.3 is 20.1 Å². The van der Waals surface area contributed by atoms with Gasteiger partial charge in [-0.15, -0.1) is 0 Å². The van der Waals surface area contributed by atoms with Crippen molar-refractivity contribution < 1.29 is 19.4 Å². The number of likely N-dealkylation sites (tertiary alicyclic amines) is 1. The predicted octanol–water partition coefficient (Wildman–Crippen LogP) is 0.557. The van der Waals surface area contributed by atoms with Crippen LogP contribution in [0.4, 0.5) is 0 Å². The molecule has 0 unspecified atom stereocenters. The van der Waals surface area contributed by atoms with E-state index in [1.807, 2.05) is 17.0 Å². The number of piperazine rings is 1. The standard InChI is InChI=1S/C23H34N4O4/c1-25(19-8-9-20(22(19)29)27-13-10-24-21(28)16-27)23(30)17-4-6-18(7-5-17)31-15-14-26-11-2-3-12-26/h4-7,19-20,22,29H,2-3,8-16H2,1H3,(H,24,28)/t19-,20-,22-/m1/s1. The summed E-state index contributed by atoms with van der Waals surface area (Å²) in [5, 5.41) is 13.7. The molecule has 0 bridgehead atoms. The van der Waals surface area contributed by atoms with Crippen LogP contribution in [-0.4, -0.2) is 103 Å². The summed E-state index contributed by atoms with van der Waals surface area (Å²) in [7, 11) is 1.75. The number of hydrogen-bond donors (Lipinski definition) is 2. The van der Waals surface area contributed by atoms with Crippen LogP contribution in [0.15, 0.2) is 24.3 Å². The fourth-order valence-corrected chi connectivity index (χ4v) is 5.05. The number of carbonyl (C=O) groups is 2. The average Bonchev–Trinajstić information content (AvgIpc) is 3.43. The summed E-state index contributed by atoms with van der Waals surface area (Å²) < 4.78 is 5.83. The lowest BCUT2D eigenvalue weighted by Gasteiger charge is -2.35. The van der Waals surface area contributed by atoms with Crippen LogP contribution in [0.3, 0.4) is 0 Å². The van der Waals surface area contributed by atoms with Gasteiger partial charge in [0.05, 0.1) is 18.7 Å². The van der Waals surface area contributed by atoms with E-state index in [1.165, 1.54) is 12.8 Å². The molecule has 2 heterocycles. The number of amides is 2. The van der Waals surface area contributed by atoms with Crippen LogP contribution in [0.25, 0.3) is 0 Å². The van der Waals surface area contributed by atoms with Crippen molar-refractivity contribution in [1.29, 1.82) is 0 Å². The molecule has 2 aliphatic heterocycles. The van der Waals surface area contributed by atoms with Crippen molar-refractivity contribution in [3.63, 3.8) is 0 Å². The van der Waals surface area contributed by atoms with E-state index in [0.717, 1.165) is 44.8 Å². The Morgan fingerprint density at radius 1 is 1.19 bits per heavy atom. The summed E-state index contributed by atoms with van der Waals surface area (Å²) in [5.41, 5.74) is 0.586. The summed E-state index contributed by atoms with van der Waals surface area (Å²) in [4.78, 5) is 30.8. The lowest BCUT2D eigenvalue weighted by molar-refractivity contribution is -0.125. The van der Waals surface area contributed by atoms with Gasteiger partial charge in [-0.05, 0) is 63.0 Å². The minimum absolute atomic E-state index is 0.00549. The van der Waals surface area contributed by atoms with Crippen LogP contribution in [0.1, 0.15) is 36.0 Å². The van der Waals surface area contributed by atoms with E-state index in [0.29, 0.717) is 25.3 Å². The molecule has 1 aromatic rings. The maximum atomic E-state index is 13.0. The second kappa shape index (κ2) is 9.97. The van der Waals surface area contributed by atoms with Crippen LogP contribution in [-0.2, 0) is 4.79 Å². The molecule has 1 saturated carbocycles. The van der Waals surface area contributed by atoms with E-state index in [2.05, 4.69) is 10.2 Å². The fraction of sp³-hybridized carbons (Fsp3) is 0.652. The van der Waals surface area contributed by atoms with Crippen molar-refractivity contribution in [2.75, 3.05) is 52.9 Å². The average molecular weight is 431 g/mol. The third-order valence-electron chi connectivity index (χ3n) is 6.88. The lowest BCUT2D eigenvalue weighted by Crippen LogP contribution is -2.55. The fourth-order valence-electron chi connectivity index (χ4n) is 5.05. The summed E-state index contributed by atoms with van der Waals surface area (Å²) >= 11 is 0. The van der Waals surface area contributed by atoms with Gasteiger partial charge in [-0.25, -0.2) is 0 Å². The second-order valence-corrected chi connectivity index (χ2v) is 8.86. The summed E-state index contributed by atoms with van der Waals surface area (Å²) in [6.07, 6.45) is 3.39. The zero-order chi connectivity index (χ0) is 21.8. The van der Waals surface area contributed by atoms with Crippen LogP contribution in [0, 0.1) is 0 Å². The minimum Gasteiger partial charge on any atom is -0.492 e. The molecule has 2 amide bonds. The van der Waals surface area contributed by atoms with Crippen molar-refractivity contribution in [1.82, 2.24) is 20.0 Å². The van der Waals surface area contributed by atoms with E-state index in [4.69, 9.17) is 4.74 Å². The van der Waals surface area contributed by atoms with Crippen LogP contribution < -0.4 is 10.1 Å². The topological polar surface area (TPSA) is 85.4 Å². The zero-order valence-electron chi connectivity index (χ0n) is 18.3. The second-order valence-electron chi connectivity index (χ2n) is 8.86. The zero-order valence-corrected chi connectivity index (χ0v) is 18.3. The van der Waals surface area contributed by atoms with Gasteiger partial charge in [0.1, 0.15) is 12.4 Å². The molecule has 2 N–H and O–H groups in total. The number of ether oxygens (including phenoxy) is 1. The predicted molar refractivity (Wildman–Crippen MR) is 117 cm³/mol. The number of nitrogens with zero attached hydrogens (tertiary/aromatic N) is 3. The first-order valence-corrected chi connectivity index (χ1v) is 11.4. The molecule has 4 rings (SSSR count). The Balaban J connectivity index is 1.29. The maximum absolute atomic E-state index is 13.0. The number of aliphatic hydroxyl groups is 1. The molecule has 31 heavy (non-hydrogen) atoms. The number of nitrogens with one attached hydrogen (secondary N) is 1. The molecule has 170 valence electrons. The molecular formula is C23H34N4O4. The number of aliphatic hydroxyl groups excluding tert-OH is 1. The van der Waals surface area contributed by atoms with Gasteiger partial charge in [0, 0.05) is 38.3 Å². The van der Waals surface area contributed by atoms with E-state index in [9.17, 15) is 14.7 Å². The van der Waals surface area contributed by atoms with Crippen molar-refractivity contribution in [3.8, 4) is 5.75 Å². The normalized spacial score (nSPS) is 27.3. The highest BCUT2D eigenvalue weighted by Gasteiger charge is 2.42. The Morgan fingerprint density at radius 3 is 2.65 bits per heavy atom. The van der Waals surface area contributed by atoms with Crippen molar-refractivity contribution in [2.24, 2.45) is 0 Å². The Hall–Kier alpha value is -2.16. The molecule has 2 saturated heterocycles.